The molecule has 0 fully saturated rings. The summed E-state index contributed by atoms with van der Waals surface area (Å²) in [5.41, 5.74) is -11.5. The van der Waals surface area contributed by atoms with Gasteiger partial charge in [-0.3, -0.25) is 4.79 Å². The summed E-state index contributed by atoms with van der Waals surface area (Å²) in [6.45, 7) is 1.29. The van der Waals surface area contributed by atoms with Gasteiger partial charge in [-0.25, -0.2) is 4.79 Å². The molecule has 0 aromatic rings. The van der Waals surface area contributed by atoms with Gasteiger partial charge in [0.05, 0.1) is 0 Å². The average Bonchev–Trinajstić information content (AvgIpc) is 0.692. The first-order valence-corrected chi connectivity index (χ1v) is 34.8. The van der Waals surface area contributed by atoms with Crippen molar-refractivity contribution >= 4 is 59.0 Å². The van der Waals surface area contributed by atoms with Gasteiger partial charge in [-0.2, -0.15) is 369 Å². The summed E-state index contributed by atoms with van der Waals surface area (Å²) < 4.78 is 1210. The van der Waals surface area contributed by atoms with Crippen molar-refractivity contribution in [2.45, 2.75) is 259 Å². The first kappa shape index (κ1) is 137. The van der Waals surface area contributed by atoms with Crippen LogP contribution < -0.4 is 0 Å². The van der Waals surface area contributed by atoms with Crippen LogP contribution in [0.4, 0.5) is 369 Å². The van der Waals surface area contributed by atoms with Crippen molar-refractivity contribution < 1.29 is 389 Å². The van der Waals surface area contributed by atoms with Gasteiger partial charge in [-0.1, -0.05) is 53.6 Å². The second-order valence-corrected chi connectivity index (χ2v) is 32.2. The SMILES string of the molecule is C=C(C(=O)O)C(CC(CSC(F)(F)C(F)(F)C(F)(F)C(F)(F)C(F)(F)C(F)(F)C(F)(F)C(F)(F)C(F)(F)C(F)(F)F)SC(F)(F)C(F)(F)C(F)(F)C(F)(F)C(F)(F)C(F)(F)C(F)(F)C(F)(F)C(F)(F)C(F)(F)F)(CC(CSC(F)(F)C(F)(F)C(F)(F)C(F)(F)C(F)(F)C(F)(F)C(F)(F)C(F)(F)C(F)(F)C(F)(F)F)SC(F)(F)C(F)(F)C(F)(F)C(F)(F)C(F)(F)C(F)(F)C(F)(F)C(F)(F)C(F)(F)C(F)(F)F)C(=O)O. The molecule has 4 nitrogen and oxygen atoms in total. The maximum Gasteiger partial charge on any atom is 0.460 e. The van der Waals surface area contributed by atoms with E-state index in [1.54, 1.807) is 0 Å². The Hall–Kier alpha value is -5.80. The molecule has 143 heavy (non-hydrogen) atoms. The highest BCUT2D eigenvalue weighted by Gasteiger charge is 3.05. The number of rotatable bonds is 49. The molecule has 0 aromatic carbocycles. The molecular weight excluding hydrogens is 2400 g/mol. The summed E-state index contributed by atoms with van der Waals surface area (Å²) >= 11 is -18.5. The van der Waals surface area contributed by atoms with E-state index in [-0.39, 0.29) is 0 Å². The Morgan fingerprint density at radius 2 is 0.280 bits per heavy atom. The average molecular weight is 2410 g/mol. The van der Waals surface area contributed by atoms with Gasteiger partial charge in [0, 0.05) is 27.6 Å². The molecule has 854 valence electrons. The van der Waals surface area contributed by atoms with E-state index < -0.39 is 340 Å². The molecule has 0 aliphatic carbocycles. The molecule has 0 spiro atoms. The Kier molecular flexibility index (Phi) is 34.5. The Labute approximate surface area is 735 Å². The number of carboxylic acids is 2. The maximum absolute atomic E-state index is 16.0. The minimum atomic E-state index is -10.8. The van der Waals surface area contributed by atoms with Crippen molar-refractivity contribution in [3.63, 3.8) is 0 Å². The maximum atomic E-state index is 16.0. The lowest BCUT2D eigenvalue weighted by molar-refractivity contribution is -0.472. The van der Waals surface area contributed by atoms with E-state index in [1.807, 2.05) is 0 Å². The number of thioether (sulfide) groups is 4. The van der Waals surface area contributed by atoms with Crippen molar-refractivity contribution in [3.05, 3.63) is 12.2 Å². The fourth-order valence-corrected chi connectivity index (χ4v) is 13.9. The van der Waals surface area contributed by atoms with E-state index in [0.717, 1.165) is 0 Å². The second kappa shape index (κ2) is 35.9. The number of halogens is 84. The summed E-state index contributed by atoms with van der Waals surface area (Å²) in [6.07, 6.45) is -46.2. The zero-order valence-corrected chi connectivity index (χ0v) is 65.0. The summed E-state index contributed by atoms with van der Waals surface area (Å²) in [7, 11) is 0. The summed E-state index contributed by atoms with van der Waals surface area (Å²) in [5, 5.41) is -31.6. The van der Waals surface area contributed by atoms with Crippen LogP contribution >= 0.6 is 47.0 Å². The van der Waals surface area contributed by atoms with Crippen LogP contribution in [-0.2, 0) is 9.59 Å². The highest BCUT2D eigenvalue weighted by atomic mass is 32.2. The largest absolute Gasteiger partial charge is 0.481 e. The molecule has 0 amide bonds. The summed E-state index contributed by atoms with van der Waals surface area (Å²) in [5.74, 6) is -351. The van der Waals surface area contributed by atoms with E-state index in [0.29, 0.717) is 0 Å². The number of aliphatic carboxylic acids is 2. The lowest BCUT2D eigenvalue weighted by Gasteiger charge is -2.45. The Morgan fingerprint density at radius 3 is 0.385 bits per heavy atom. The predicted molar refractivity (Wildman–Crippen MR) is 286 cm³/mol. The van der Waals surface area contributed by atoms with Crippen LogP contribution in [-0.4, -0.2) is 279 Å². The molecule has 0 radical (unpaired) electrons. The van der Waals surface area contributed by atoms with E-state index in [2.05, 4.69) is 0 Å². The Morgan fingerprint density at radius 1 is 0.175 bits per heavy atom. The van der Waals surface area contributed by atoms with Crippen molar-refractivity contribution in [3.8, 4) is 0 Å². The van der Waals surface area contributed by atoms with E-state index in [4.69, 9.17) is 0 Å². The zero-order valence-electron chi connectivity index (χ0n) is 61.8. The van der Waals surface area contributed by atoms with Crippen LogP contribution in [0.3, 0.4) is 0 Å². The topological polar surface area (TPSA) is 74.6 Å². The molecule has 92 heteroatoms. The highest BCUT2D eigenvalue weighted by molar-refractivity contribution is 8.05. The van der Waals surface area contributed by atoms with Crippen LogP contribution in [0.15, 0.2) is 12.2 Å². The van der Waals surface area contributed by atoms with Crippen molar-refractivity contribution in [2.75, 3.05) is 11.5 Å². The van der Waals surface area contributed by atoms with Gasteiger partial charge in [-0.05, 0) is 12.8 Å². The highest BCUT2D eigenvalue weighted by Crippen LogP contribution is 2.76. The lowest BCUT2D eigenvalue weighted by atomic mass is 9.73. The molecule has 0 aliphatic heterocycles. The number of hydrogen-bond acceptors (Lipinski definition) is 6. The van der Waals surface area contributed by atoms with E-state index >= 15 is 105 Å². The van der Waals surface area contributed by atoms with Crippen molar-refractivity contribution in [2.24, 2.45) is 5.41 Å². The minimum Gasteiger partial charge on any atom is -0.481 e. The molecule has 2 atom stereocenters. The van der Waals surface area contributed by atoms with Crippen LogP contribution in [0.2, 0.25) is 0 Å². The fraction of sp³-hybridized carbons (Fsp3) is 0.922. The first-order chi connectivity index (χ1) is 60.4. The zero-order chi connectivity index (χ0) is 118. The third-order valence-corrected chi connectivity index (χ3v) is 23.1. The molecule has 2 unspecified atom stereocenters. The van der Waals surface area contributed by atoms with Crippen LogP contribution in [0.5, 0.6) is 0 Å². The molecular formula is C51H14F84O4S4. The molecule has 0 heterocycles. The molecule has 0 bridgehead atoms. The number of alkyl halides is 84. The normalized spacial score (nSPS) is 17.7. The van der Waals surface area contributed by atoms with Crippen LogP contribution in [0.25, 0.3) is 0 Å². The fourth-order valence-electron chi connectivity index (χ4n) is 9.20. The van der Waals surface area contributed by atoms with Crippen molar-refractivity contribution in [1.82, 2.24) is 0 Å². The third-order valence-electron chi connectivity index (χ3n) is 17.9. The van der Waals surface area contributed by atoms with Crippen LogP contribution in [0, 0.1) is 5.41 Å². The Bertz CT molecular complexity index is 4240. The molecule has 0 aromatic heterocycles. The van der Waals surface area contributed by atoms with Gasteiger partial charge in [0.2, 0.25) is 0 Å². The molecule has 0 rings (SSSR count). The molecule has 0 saturated carbocycles. The standard InChI is InChI=1S/C51H14F84O4S4/c1-6(9(136)137)11(10(138)139,2-7(142-50(132,133)42(112,113)34(96,97)26(80,81)18(64,65)14(56,57)22(72,73)30(88,89)38(104,105)46(122,123)124)4-140-48(128,129)40(108,109)32(92,93)24(76,77)16(60,61)12(52,53)20(68,69)28(84,85)36(100,101)44(116,117)118)3-8(143-51(134,135)43(114,115)35(98,99)27(82,83)19(66,67)15(58,59)23(74,75)31(90,91)39(106,107)47(125,126)127)5-141-49(130,131)41(110,111)33(94,95)25(78,79)17(62,63)13(54,55)21(70,71)29(86,87)37(102,103)45(119,120)121/h7-8H,1-5H2,(H,136,137)(H,138,139). The van der Waals surface area contributed by atoms with Gasteiger partial charge in [0.25, 0.3) is 0 Å². The van der Waals surface area contributed by atoms with Gasteiger partial charge in [-0.15, -0.1) is 0 Å². The number of hydrogen-bond donors (Lipinski definition) is 2. The van der Waals surface area contributed by atoms with E-state index in [1.165, 1.54) is 6.58 Å². The van der Waals surface area contributed by atoms with Gasteiger partial charge < -0.3 is 10.2 Å². The predicted octanol–water partition coefficient (Wildman–Crippen LogP) is 30.1. The lowest BCUT2D eigenvalue weighted by Crippen LogP contribution is -2.76. The van der Waals surface area contributed by atoms with Crippen LogP contribution in [0.1, 0.15) is 12.8 Å². The number of carbonyl (C=O) groups is 2. The van der Waals surface area contributed by atoms with Gasteiger partial charge in [0.1, 0.15) is 5.41 Å². The van der Waals surface area contributed by atoms with Gasteiger partial charge in [0.15, 0.2) is 0 Å². The first-order valence-electron chi connectivity index (χ1n) is 31.0. The molecule has 2 N–H and O–H groups in total. The Balaban J connectivity index is 11.0. The van der Waals surface area contributed by atoms with Gasteiger partial charge >= 0.3 is 247 Å². The second-order valence-electron chi connectivity index (χ2n) is 27.1. The quantitative estimate of drug-likeness (QED) is 0.0461. The third kappa shape index (κ3) is 18.3. The molecule has 0 aliphatic rings. The summed E-state index contributed by atoms with van der Waals surface area (Å²) in [6, 6.07) is 0. The van der Waals surface area contributed by atoms with Crippen molar-refractivity contribution in [1.29, 1.82) is 0 Å². The minimum absolute atomic E-state index is 1.29. The number of carboxylic acid groups (broad SMARTS) is 2. The summed E-state index contributed by atoms with van der Waals surface area (Å²) in [4.78, 5) is 25.5. The monoisotopic (exact) mass is 2410 g/mol. The van der Waals surface area contributed by atoms with E-state index in [9.17, 15) is 283 Å². The molecule has 0 saturated heterocycles. The smallest absolute Gasteiger partial charge is 0.460 e.